The van der Waals surface area contributed by atoms with Crippen LogP contribution >= 0.6 is 0 Å². The minimum atomic E-state index is -0.454. The van der Waals surface area contributed by atoms with Gasteiger partial charge in [-0.1, -0.05) is 13.8 Å². The number of nitrogens with zero attached hydrogens (tertiary/aromatic N) is 1. The van der Waals surface area contributed by atoms with Crippen LogP contribution in [0, 0.1) is 17.8 Å². The number of rotatable bonds is 3. The molecule has 3 heteroatoms. The van der Waals surface area contributed by atoms with Gasteiger partial charge < -0.3 is 15.7 Å². The molecule has 3 nitrogen and oxygen atoms in total. The maximum atomic E-state index is 10.2. The highest BCUT2D eigenvalue weighted by molar-refractivity contribution is 4.87. The van der Waals surface area contributed by atoms with E-state index in [1.807, 2.05) is 6.92 Å². The first-order valence-electron chi connectivity index (χ1n) is 8.58. The lowest BCUT2D eigenvalue weighted by Gasteiger charge is -2.38. The summed E-state index contributed by atoms with van der Waals surface area (Å²) in [6.07, 6.45) is 6.76. The fourth-order valence-electron chi connectivity index (χ4n) is 3.97. The third-order valence-corrected chi connectivity index (χ3v) is 5.67. The molecule has 2 fully saturated rings. The Hall–Kier alpha value is -0.120. The summed E-state index contributed by atoms with van der Waals surface area (Å²) in [5.74, 6) is 2.30. The van der Waals surface area contributed by atoms with Gasteiger partial charge in [0.1, 0.15) is 0 Å². The molecular formula is C17H34N2O. The fraction of sp³-hybridized carbons (Fsp3) is 1.00. The van der Waals surface area contributed by atoms with Gasteiger partial charge in [-0.3, -0.25) is 0 Å². The van der Waals surface area contributed by atoms with Gasteiger partial charge in [0.05, 0.1) is 5.60 Å². The molecule has 0 bridgehead atoms. The minimum Gasteiger partial charge on any atom is -0.390 e. The molecule has 2 rings (SSSR count). The first-order chi connectivity index (χ1) is 9.37. The predicted octanol–water partition coefficient (Wildman–Crippen LogP) is 2.62. The van der Waals surface area contributed by atoms with Crippen molar-refractivity contribution < 1.29 is 5.11 Å². The molecule has 0 spiro atoms. The average Bonchev–Trinajstić information content (AvgIpc) is 2.53. The Morgan fingerprint density at radius 1 is 1.25 bits per heavy atom. The molecule has 0 radical (unpaired) electrons. The summed E-state index contributed by atoms with van der Waals surface area (Å²) >= 11 is 0. The number of hydrogen-bond donors (Lipinski definition) is 2. The Morgan fingerprint density at radius 3 is 2.70 bits per heavy atom. The molecule has 118 valence electrons. The quantitative estimate of drug-likeness (QED) is 0.836. The molecule has 0 aromatic carbocycles. The summed E-state index contributed by atoms with van der Waals surface area (Å²) in [6, 6.07) is 0.383. The fourth-order valence-corrected chi connectivity index (χ4v) is 3.97. The van der Waals surface area contributed by atoms with Crippen molar-refractivity contribution >= 4 is 0 Å². The van der Waals surface area contributed by atoms with E-state index in [-0.39, 0.29) is 0 Å². The van der Waals surface area contributed by atoms with Crippen LogP contribution in [0.3, 0.4) is 0 Å². The van der Waals surface area contributed by atoms with Crippen LogP contribution in [0.4, 0.5) is 0 Å². The van der Waals surface area contributed by atoms with Crippen molar-refractivity contribution in [1.82, 2.24) is 4.90 Å². The second-order valence-corrected chi connectivity index (χ2v) is 7.89. The van der Waals surface area contributed by atoms with Gasteiger partial charge in [0.15, 0.2) is 0 Å². The Kier molecular flexibility index (Phi) is 5.49. The van der Waals surface area contributed by atoms with E-state index >= 15 is 0 Å². The van der Waals surface area contributed by atoms with E-state index in [0.717, 1.165) is 50.7 Å². The number of likely N-dealkylation sites (tertiary alicyclic amines) is 1. The maximum absolute atomic E-state index is 10.2. The molecule has 0 aromatic rings. The van der Waals surface area contributed by atoms with Crippen LogP contribution in [0.25, 0.3) is 0 Å². The summed E-state index contributed by atoms with van der Waals surface area (Å²) in [7, 11) is 0. The molecular weight excluding hydrogens is 248 g/mol. The first kappa shape index (κ1) is 16.3. The van der Waals surface area contributed by atoms with Crippen LogP contribution in [-0.2, 0) is 0 Å². The molecule has 20 heavy (non-hydrogen) atoms. The molecule has 1 aliphatic heterocycles. The van der Waals surface area contributed by atoms with Crippen molar-refractivity contribution in [3.8, 4) is 0 Å². The van der Waals surface area contributed by atoms with Gasteiger partial charge in [-0.15, -0.1) is 0 Å². The van der Waals surface area contributed by atoms with E-state index in [4.69, 9.17) is 5.73 Å². The van der Waals surface area contributed by atoms with Gasteiger partial charge in [-0.2, -0.15) is 0 Å². The van der Waals surface area contributed by atoms with Gasteiger partial charge >= 0.3 is 0 Å². The molecule has 0 amide bonds. The molecule has 1 saturated heterocycles. The third-order valence-electron chi connectivity index (χ3n) is 5.67. The van der Waals surface area contributed by atoms with Gasteiger partial charge in [0.2, 0.25) is 0 Å². The van der Waals surface area contributed by atoms with Crippen LogP contribution in [0.15, 0.2) is 0 Å². The smallest absolute Gasteiger partial charge is 0.0632 e. The molecule has 1 aliphatic carbocycles. The molecule has 3 N–H and O–H groups in total. The summed E-state index contributed by atoms with van der Waals surface area (Å²) in [5.41, 5.74) is 5.92. The molecule has 0 aromatic heterocycles. The van der Waals surface area contributed by atoms with Crippen LogP contribution in [0.1, 0.15) is 59.3 Å². The van der Waals surface area contributed by atoms with Gasteiger partial charge in [-0.25, -0.2) is 0 Å². The number of aliphatic hydroxyl groups is 1. The van der Waals surface area contributed by atoms with Crippen molar-refractivity contribution in [3.05, 3.63) is 0 Å². The molecule has 2 aliphatic rings. The third kappa shape index (κ3) is 4.44. The van der Waals surface area contributed by atoms with Crippen LogP contribution in [0.2, 0.25) is 0 Å². The summed E-state index contributed by atoms with van der Waals surface area (Å²) in [5, 5.41) is 10.2. The lowest BCUT2D eigenvalue weighted by Crippen LogP contribution is -2.44. The van der Waals surface area contributed by atoms with E-state index in [1.54, 1.807) is 0 Å². The Morgan fingerprint density at radius 2 is 2.00 bits per heavy atom. The Balaban J connectivity index is 1.87. The zero-order chi connectivity index (χ0) is 14.8. The number of nitrogens with two attached hydrogens (primary N) is 1. The summed E-state index contributed by atoms with van der Waals surface area (Å²) < 4.78 is 0. The molecule has 1 saturated carbocycles. The van der Waals surface area contributed by atoms with E-state index < -0.39 is 5.60 Å². The monoisotopic (exact) mass is 282 g/mol. The zero-order valence-corrected chi connectivity index (χ0v) is 13.6. The van der Waals surface area contributed by atoms with Crippen LogP contribution in [-0.4, -0.2) is 41.3 Å². The first-order valence-corrected chi connectivity index (χ1v) is 8.58. The predicted molar refractivity (Wildman–Crippen MR) is 84.6 cm³/mol. The van der Waals surface area contributed by atoms with E-state index in [2.05, 4.69) is 18.7 Å². The standard InChI is InChI=1S/C17H34N2O/c1-13(2)14-5-6-16(18)15(11-14)12-19-9-4-7-17(3,20)8-10-19/h13-16,20H,4-12,18H2,1-3H3. The lowest BCUT2D eigenvalue weighted by molar-refractivity contribution is 0.0432. The number of hydrogen-bond acceptors (Lipinski definition) is 3. The topological polar surface area (TPSA) is 49.5 Å². The van der Waals surface area contributed by atoms with E-state index in [9.17, 15) is 5.11 Å². The van der Waals surface area contributed by atoms with Gasteiger partial charge in [0.25, 0.3) is 0 Å². The van der Waals surface area contributed by atoms with E-state index in [0.29, 0.717) is 12.0 Å². The Labute approximate surface area is 124 Å². The van der Waals surface area contributed by atoms with Gasteiger partial charge in [0, 0.05) is 19.1 Å². The zero-order valence-electron chi connectivity index (χ0n) is 13.6. The summed E-state index contributed by atoms with van der Waals surface area (Å²) in [6.45, 7) is 9.98. The molecule has 4 unspecified atom stereocenters. The van der Waals surface area contributed by atoms with Crippen molar-refractivity contribution in [2.24, 2.45) is 23.5 Å². The second kappa shape index (κ2) is 6.76. The van der Waals surface area contributed by atoms with E-state index in [1.165, 1.54) is 19.3 Å². The minimum absolute atomic E-state index is 0.383. The largest absolute Gasteiger partial charge is 0.390 e. The highest BCUT2D eigenvalue weighted by Crippen LogP contribution is 2.34. The van der Waals surface area contributed by atoms with Crippen molar-refractivity contribution in [2.45, 2.75) is 70.9 Å². The van der Waals surface area contributed by atoms with Crippen LogP contribution in [0.5, 0.6) is 0 Å². The highest BCUT2D eigenvalue weighted by atomic mass is 16.3. The molecule has 4 atom stereocenters. The SMILES string of the molecule is CC(C)C1CCC(N)C(CN2CCCC(C)(O)CC2)C1. The summed E-state index contributed by atoms with van der Waals surface area (Å²) in [4.78, 5) is 2.55. The van der Waals surface area contributed by atoms with Crippen molar-refractivity contribution in [3.63, 3.8) is 0 Å². The highest BCUT2D eigenvalue weighted by Gasteiger charge is 2.32. The Bertz CT molecular complexity index is 303. The van der Waals surface area contributed by atoms with Gasteiger partial charge in [-0.05, 0) is 69.7 Å². The second-order valence-electron chi connectivity index (χ2n) is 7.89. The average molecular weight is 282 g/mol. The molecule has 1 heterocycles. The maximum Gasteiger partial charge on any atom is 0.0632 e. The van der Waals surface area contributed by atoms with Crippen LogP contribution < -0.4 is 5.73 Å². The van der Waals surface area contributed by atoms with Crippen molar-refractivity contribution in [2.75, 3.05) is 19.6 Å². The lowest BCUT2D eigenvalue weighted by atomic mass is 9.73. The normalized spacial score (nSPS) is 40.8. The van der Waals surface area contributed by atoms with Crippen molar-refractivity contribution in [1.29, 1.82) is 0 Å².